The van der Waals surface area contributed by atoms with E-state index in [9.17, 15) is 4.79 Å². The predicted molar refractivity (Wildman–Crippen MR) is 80.9 cm³/mol. The SMILES string of the molecule is Cc1ccc(/C=C(\C#N)C(=O)NCc2ccncc2)cc1. The summed E-state index contributed by atoms with van der Waals surface area (Å²) >= 11 is 0. The van der Waals surface area contributed by atoms with E-state index in [1.807, 2.05) is 49.4 Å². The van der Waals surface area contributed by atoms with Gasteiger partial charge in [0.25, 0.3) is 5.91 Å². The Morgan fingerprint density at radius 1 is 1.24 bits per heavy atom. The third-order valence-electron chi connectivity index (χ3n) is 2.96. The Bertz CT molecular complexity index is 682. The van der Waals surface area contributed by atoms with Crippen LogP contribution in [0.15, 0.2) is 54.4 Å². The number of aromatic nitrogens is 1. The standard InChI is InChI=1S/C17H15N3O/c1-13-2-4-14(5-3-13)10-16(11-18)17(21)20-12-15-6-8-19-9-7-15/h2-10H,12H2,1H3,(H,20,21)/b16-10+. The molecule has 0 aliphatic carbocycles. The molecular weight excluding hydrogens is 262 g/mol. The maximum absolute atomic E-state index is 12.0. The van der Waals surface area contributed by atoms with E-state index in [1.54, 1.807) is 18.5 Å². The Kier molecular flexibility index (Phi) is 4.84. The Morgan fingerprint density at radius 3 is 2.52 bits per heavy atom. The highest BCUT2D eigenvalue weighted by atomic mass is 16.1. The second-order valence-corrected chi connectivity index (χ2v) is 4.62. The second kappa shape index (κ2) is 7.01. The topological polar surface area (TPSA) is 65.8 Å². The first-order valence-electron chi connectivity index (χ1n) is 6.54. The lowest BCUT2D eigenvalue weighted by molar-refractivity contribution is -0.117. The van der Waals surface area contributed by atoms with E-state index < -0.39 is 0 Å². The molecule has 1 aromatic heterocycles. The molecule has 0 aliphatic rings. The van der Waals surface area contributed by atoms with Gasteiger partial charge in [-0.2, -0.15) is 5.26 Å². The van der Waals surface area contributed by atoms with Crippen molar-refractivity contribution in [3.8, 4) is 6.07 Å². The molecule has 0 spiro atoms. The van der Waals surface area contributed by atoms with E-state index in [2.05, 4.69) is 10.3 Å². The summed E-state index contributed by atoms with van der Waals surface area (Å²) in [6.07, 6.45) is 4.91. The molecule has 0 saturated heterocycles. The van der Waals surface area contributed by atoms with Crippen molar-refractivity contribution < 1.29 is 4.79 Å². The Labute approximate surface area is 123 Å². The monoisotopic (exact) mass is 277 g/mol. The van der Waals surface area contributed by atoms with Crippen molar-refractivity contribution in [2.24, 2.45) is 0 Å². The van der Waals surface area contributed by atoms with Gasteiger partial charge in [0.2, 0.25) is 0 Å². The lowest BCUT2D eigenvalue weighted by Crippen LogP contribution is -2.23. The van der Waals surface area contributed by atoms with Crippen molar-refractivity contribution in [1.29, 1.82) is 5.26 Å². The Morgan fingerprint density at radius 2 is 1.90 bits per heavy atom. The minimum Gasteiger partial charge on any atom is -0.347 e. The number of nitrogens with one attached hydrogen (secondary N) is 1. The molecule has 1 N–H and O–H groups in total. The Hall–Kier alpha value is -2.93. The number of hydrogen-bond acceptors (Lipinski definition) is 3. The van der Waals surface area contributed by atoms with E-state index in [1.165, 1.54) is 0 Å². The fraction of sp³-hybridized carbons (Fsp3) is 0.118. The van der Waals surface area contributed by atoms with Crippen molar-refractivity contribution >= 4 is 12.0 Å². The fourth-order valence-corrected chi connectivity index (χ4v) is 1.76. The normalized spacial score (nSPS) is 10.8. The molecule has 21 heavy (non-hydrogen) atoms. The van der Waals surface area contributed by atoms with Crippen molar-refractivity contribution in [1.82, 2.24) is 10.3 Å². The van der Waals surface area contributed by atoms with Gasteiger partial charge in [0, 0.05) is 18.9 Å². The third-order valence-corrected chi connectivity index (χ3v) is 2.96. The van der Waals surface area contributed by atoms with Crippen LogP contribution in [0.4, 0.5) is 0 Å². The second-order valence-electron chi connectivity index (χ2n) is 4.62. The number of nitriles is 1. The molecular formula is C17H15N3O. The molecule has 1 aromatic carbocycles. The molecule has 4 nitrogen and oxygen atoms in total. The van der Waals surface area contributed by atoms with E-state index >= 15 is 0 Å². The number of amides is 1. The third kappa shape index (κ3) is 4.29. The molecule has 0 saturated carbocycles. The van der Waals surface area contributed by atoms with Crippen molar-refractivity contribution in [2.75, 3.05) is 0 Å². The van der Waals surface area contributed by atoms with Crippen LogP contribution in [-0.2, 0) is 11.3 Å². The summed E-state index contributed by atoms with van der Waals surface area (Å²) in [5, 5.41) is 11.8. The first kappa shape index (κ1) is 14.5. The quantitative estimate of drug-likeness (QED) is 0.690. The number of rotatable bonds is 4. The van der Waals surface area contributed by atoms with Gasteiger partial charge in [-0.1, -0.05) is 29.8 Å². The van der Waals surface area contributed by atoms with Crippen LogP contribution in [0, 0.1) is 18.3 Å². The average molecular weight is 277 g/mol. The summed E-state index contributed by atoms with van der Waals surface area (Å²) in [6.45, 7) is 2.36. The van der Waals surface area contributed by atoms with Crippen LogP contribution in [0.5, 0.6) is 0 Å². The van der Waals surface area contributed by atoms with Gasteiger partial charge >= 0.3 is 0 Å². The molecule has 4 heteroatoms. The minimum absolute atomic E-state index is 0.0907. The van der Waals surface area contributed by atoms with Gasteiger partial charge in [-0.15, -0.1) is 0 Å². The van der Waals surface area contributed by atoms with Crippen LogP contribution in [0.2, 0.25) is 0 Å². The molecule has 0 atom stereocenters. The van der Waals surface area contributed by atoms with Crippen LogP contribution in [0.3, 0.4) is 0 Å². The van der Waals surface area contributed by atoms with Gasteiger partial charge < -0.3 is 5.32 Å². The summed E-state index contributed by atoms with van der Waals surface area (Å²) in [4.78, 5) is 15.9. The summed E-state index contributed by atoms with van der Waals surface area (Å²) in [7, 11) is 0. The van der Waals surface area contributed by atoms with Crippen molar-refractivity contribution in [3.05, 3.63) is 71.1 Å². The number of pyridine rings is 1. The maximum atomic E-state index is 12.0. The number of nitrogens with zero attached hydrogens (tertiary/aromatic N) is 2. The highest BCUT2D eigenvalue weighted by Crippen LogP contribution is 2.08. The van der Waals surface area contributed by atoms with Gasteiger partial charge in [-0.25, -0.2) is 0 Å². The van der Waals surface area contributed by atoms with Gasteiger partial charge in [-0.3, -0.25) is 9.78 Å². The average Bonchev–Trinajstić information content (AvgIpc) is 2.53. The summed E-state index contributed by atoms with van der Waals surface area (Å²) in [5.74, 6) is -0.380. The number of carbonyl (C=O) groups is 1. The molecule has 0 radical (unpaired) electrons. The van der Waals surface area contributed by atoms with Gasteiger partial charge in [0.1, 0.15) is 11.6 Å². The first-order valence-corrected chi connectivity index (χ1v) is 6.54. The molecule has 1 amide bonds. The molecule has 1 heterocycles. The summed E-state index contributed by atoms with van der Waals surface area (Å²) in [5.41, 5.74) is 2.99. The molecule has 0 unspecified atom stereocenters. The summed E-state index contributed by atoms with van der Waals surface area (Å²) in [6, 6.07) is 13.2. The maximum Gasteiger partial charge on any atom is 0.262 e. The van der Waals surface area contributed by atoms with E-state index in [4.69, 9.17) is 5.26 Å². The highest BCUT2D eigenvalue weighted by molar-refractivity contribution is 6.01. The number of carbonyl (C=O) groups excluding carboxylic acids is 1. The van der Waals surface area contributed by atoms with Gasteiger partial charge in [0.05, 0.1) is 0 Å². The zero-order valence-electron chi connectivity index (χ0n) is 11.7. The van der Waals surface area contributed by atoms with Crippen LogP contribution < -0.4 is 5.32 Å². The zero-order chi connectivity index (χ0) is 15.1. The first-order chi connectivity index (χ1) is 10.2. The molecule has 0 bridgehead atoms. The minimum atomic E-state index is -0.380. The van der Waals surface area contributed by atoms with Crippen LogP contribution in [0.25, 0.3) is 6.08 Å². The predicted octanol–water partition coefficient (Wildman–Crippen LogP) is 2.61. The molecule has 2 aromatic rings. The van der Waals surface area contributed by atoms with Gasteiger partial charge in [-0.05, 0) is 36.3 Å². The van der Waals surface area contributed by atoms with Crippen molar-refractivity contribution in [3.63, 3.8) is 0 Å². The fourth-order valence-electron chi connectivity index (χ4n) is 1.76. The summed E-state index contributed by atoms with van der Waals surface area (Å²) < 4.78 is 0. The molecule has 0 aliphatic heterocycles. The lowest BCUT2D eigenvalue weighted by Gasteiger charge is -2.04. The van der Waals surface area contributed by atoms with Crippen molar-refractivity contribution in [2.45, 2.75) is 13.5 Å². The van der Waals surface area contributed by atoms with E-state index in [0.29, 0.717) is 6.54 Å². The van der Waals surface area contributed by atoms with E-state index in [-0.39, 0.29) is 11.5 Å². The zero-order valence-corrected chi connectivity index (χ0v) is 11.7. The molecule has 104 valence electrons. The number of hydrogen-bond donors (Lipinski definition) is 1. The molecule has 2 rings (SSSR count). The molecule has 0 fully saturated rings. The lowest BCUT2D eigenvalue weighted by atomic mass is 10.1. The highest BCUT2D eigenvalue weighted by Gasteiger charge is 2.08. The Balaban J connectivity index is 2.05. The van der Waals surface area contributed by atoms with E-state index in [0.717, 1.165) is 16.7 Å². The largest absolute Gasteiger partial charge is 0.347 e. The van der Waals surface area contributed by atoms with Gasteiger partial charge in [0.15, 0.2) is 0 Å². The smallest absolute Gasteiger partial charge is 0.262 e. The van der Waals surface area contributed by atoms with Crippen LogP contribution >= 0.6 is 0 Å². The van der Waals surface area contributed by atoms with Crippen LogP contribution in [0.1, 0.15) is 16.7 Å². The van der Waals surface area contributed by atoms with Crippen LogP contribution in [-0.4, -0.2) is 10.9 Å². The number of aryl methyl sites for hydroxylation is 1. The number of benzene rings is 1.